The average Bonchev–Trinajstić information content (AvgIpc) is 2.95. The Morgan fingerprint density at radius 1 is 1.05 bits per heavy atom. The summed E-state index contributed by atoms with van der Waals surface area (Å²) in [5, 5.41) is 6.26. The number of hydrogen-bond donors (Lipinski definition) is 2. The summed E-state index contributed by atoms with van der Waals surface area (Å²) in [7, 11) is 0. The van der Waals surface area contributed by atoms with Crippen LogP contribution in [0.15, 0.2) is 72.8 Å². The van der Waals surface area contributed by atoms with Crippen molar-refractivity contribution in [1.29, 1.82) is 0 Å². The highest BCUT2D eigenvalue weighted by Crippen LogP contribution is 2.23. The third-order valence-corrected chi connectivity index (χ3v) is 6.55. The SMILES string of the molecule is O=C1CN(C(=O)COc2ccc(F)cc2)CCCCNC(=O)c2cc(Cl)ccc2OC[C@H](Cc2ccccc2)N1. The van der Waals surface area contributed by atoms with Gasteiger partial charge in [-0.05, 0) is 67.3 Å². The standard InChI is InChI=1S/C30H31ClFN3O5/c31-22-8-13-27-26(17-22)30(38)33-14-4-5-15-35(29(37)20-39-25-11-9-23(32)10-12-25)18-28(36)34-24(19-40-27)16-21-6-2-1-3-7-21/h1-3,6-13,17,24H,4-5,14-16,18-20H2,(H,33,38)(H,34,36)/t24-/m0/s1. The van der Waals surface area contributed by atoms with Gasteiger partial charge in [0, 0.05) is 18.1 Å². The van der Waals surface area contributed by atoms with Crippen molar-refractivity contribution in [2.75, 3.05) is 32.8 Å². The number of nitrogens with zero attached hydrogens (tertiary/aromatic N) is 1. The summed E-state index contributed by atoms with van der Waals surface area (Å²) in [6.45, 7) is 0.265. The fourth-order valence-electron chi connectivity index (χ4n) is 4.28. The first kappa shape index (κ1) is 28.9. The molecule has 1 aliphatic heterocycles. The summed E-state index contributed by atoms with van der Waals surface area (Å²) in [6, 6.07) is 19.4. The number of benzene rings is 3. The highest BCUT2D eigenvalue weighted by atomic mass is 35.5. The molecule has 0 aromatic heterocycles. The van der Waals surface area contributed by atoms with Crippen molar-refractivity contribution in [3.8, 4) is 11.5 Å². The van der Waals surface area contributed by atoms with Gasteiger partial charge in [-0.2, -0.15) is 0 Å². The number of fused-ring (bicyclic) bond motifs is 1. The highest BCUT2D eigenvalue weighted by Gasteiger charge is 2.22. The third kappa shape index (κ3) is 8.71. The van der Waals surface area contributed by atoms with Crippen LogP contribution in [-0.2, 0) is 16.0 Å². The maximum Gasteiger partial charge on any atom is 0.260 e. The molecule has 3 aromatic rings. The van der Waals surface area contributed by atoms with Crippen molar-refractivity contribution in [2.24, 2.45) is 0 Å². The number of amides is 3. The molecular weight excluding hydrogens is 537 g/mol. The number of hydrogen-bond acceptors (Lipinski definition) is 5. The Morgan fingerprint density at radius 3 is 2.60 bits per heavy atom. The molecule has 3 aromatic carbocycles. The molecular formula is C30H31ClFN3O5. The van der Waals surface area contributed by atoms with Crippen molar-refractivity contribution < 1.29 is 28.2 Å². The minimum absolute atomic E-state index is 0.0875. The van der Waals surface area contributed by atoms with E-state index < -0.39 is 11.9 Å². The Kier molecular flexibility index (Phi) is 10.3. The molecule has 0 bridgehead atoms. The molecule has 0 unspecified atom stereocenters. The van der Waals surface area contributed by atoms with Gasteiger partial charge < -0.3 is 25.0 Å². The second-order valence-electron chi connectivity index (χ2n) is 9.43. The molecule has 8 nitrogen and oxygen atoms in total. The fourth-order valence-corrected chi connectivity index (χ4v) is 4.45. The van der Waals surface area contributed by atoms with E-state index in [1.54, 1.807) is 18.2 Å². The zero-order valence-electron chi connectivity index (χ0n) is 21.9. The molecule has 210 valence electrons. The predicted octanol–water partition coefficient (Wildman–Crippen LogP) is 4.02. The maximum atomic E-state index is 13.2. The van der Waals surface area contributed by atoms with Gasteiger partial charge in [0.15, 0.2) is 6.61 Å². The number of carbonyl (C=O) groups is 3. The molecule has 10 heteroatoms. The quantitative estimate of drug-likeness (QED) is 0.485. The molecule has 0 radical (unpaired) electrons. The number of ether oxygens (including phenoxy) is 2. The maximum absolute atomic E-state index is 13.2. The van der Waals surface area contributed by atoms with Crippen molar-refractivity contribution in [1.82, 2.24) is 15.5 Å². The Morgan fingerprint density at radius 2 is 1.82 bits per heavy atom. The van der Waals surface area contributed by atoms with E-state index in [2.05, 4.69) is 10.6 Å². The topological polar surface area (TPSA) is 97.0 Å². The van der Waals surface area contributed by atoms with Gasteiger partial charge in [0.1, 0.15) is 23.9 Å². The van der Waals surface area contributed by atoms with E-state index in [0.717, 1.165) is 5.56 Å². The number of carbonyl (C=O) groups excluding carboxylic acids is 3. The molecule has 0 spiro atoms. The van der Waals surface area contributed by atoms with Crippen LogP contribution in [0.2, 0.25) is 5.02 Å². The van der Waals surface area contributed by atoms with E-state index in [1.165, 1.54) is 29.2 Å². The molecule has 1 atom stereocenters. The molecule has 3 amide bonds. The molecule has 1 heterocycles. The molecule has 0 fully saturated rings. The summed E-state index contributed by atoms with van der Waals surface area (Å²) in [5.74, 6) is -0.755. The van der Waals surface area contributed by atoms with Crippen LogP contribution >= 0.6 is 11.6 Å². The lowest BCUT2D eigenvalue weighted by Crippen LogP contribution is -2.48. The van der Waals surface area contributed by atoms with Crippen molar-refractivity contribution in [3.05, 3.63) is 94.8 Å². The minimum atomic E-state index is -0.445. The van der Waals surface area contributed by atoms with E-state index >= 15 is 0 Å². The second kappa shape index (κ2) is 14.3. The van der Waals surface area contributed by atoms with Gasteiger partial charge >= 0.3 is 0 Å². The molecule has 40 heavy (non-hydrogen) atoms. The number of rotatable bonds is 5. The lowest BCUT2D eigenvalue weighted by atomic mass is 10.1. The summed E-state index contributed by atoms with van der Waals surface area (Å²) < 4.78 is 24.7. The first-order chi connectivity index (χ1) is 19.4. The van der Waals surface area contributed by atoms with Crippen LogP contribution in [0.25, 0.3) is 0 Å². The smallest absolute Gasteiger partial charge is 0.260 e. The van der Waals surface area contributed by atoms with Gasteiger partial charge in [-0.3, -0.25) is 14.4 Å². The average molecular weight is 568 g/mol. The first-order valence-electron chi connectivity index (χ1n) is 13.1. The van der Waals surface area contributed by atoms with Gasteiger partial charge in [0.05, 0.1) is 18.2 Å². The van der Waals surface area contributed by atoms with Crippen molar-refractivity contribution >= 4 is 29.3 Å². The third-order valence-electron chi connectivity index (χ3n) is 6.32. The second-order valence-corrected chi connectivity index (χ2v) is 9.86. The van der Waals surface area contributed by atoms with E-state index in [0.29, 0.717) is 47.9 Å². The van der Waals surface area contributed by atoms with Gasteiger partial charge in [0.2, 0.25) is 5.91 Å². The fraction of sp³-hybridized carbons (Fsp3) is 0.300. The van der Waals surface area contributed by atoms with Gasteiger partial charge in [0.25, 0.3) is 11.8 Å². The monoisotopic (exact) mass is 567 g/mol. The summed E-state index contributed by atoms with van der Waals surface area (Å²) in [5.41, 5.74) is 1.30. The van der Waals surface area contributed by atoms with E-state index in [9.17, 15) is 18.8 Å². The lowest BCUT2D eigenvalue weighted by Gasteiger charge is -2.25. The van der Waals surface area contributed by atoms with Crippen molar-refractivity contribution in [2.45, 2.75) is 25.3 Å². The Balaban J connectivity index is 1.50. The van der Waals surface area contributed by atoms with E-state index in [4.69, 9.17) is 21.1 Å². The van der Waals surface area contributed by atoms with Gasteiger partial charge in [-0.25, -0.2) is 4.39 Å². The van der Waals surface area contributed by atoms with Gasteiger partial charge in [-0.15, -0.1) is 0 Å². The molecule has 0 saturated carbocycles. The molecule has 1 aliphatic rings. The van der Waals surface area contributed by atoms with Crippen LogP contribution in [0.3, 0.4) is 0 Å². The van der Waals surface area contributed by atoms with E-state index in [1.807, 2.05) is 30.3 Å². The molecule has 2 N–H and O–H groups in total. The minimum Gasteiger partial charge on any atom is -0.491 e. The Bertz CT molecular complexity index is 1310. The predicted molar refractivity (Wildman–Crippen MR) is 149 cm³/mol. The molecule has 0 saturated heterocycles. The Labute approximate surface area is 237 Å². The van der Waals surface area contributed by atoms with Crippen LogP contribution < -0.4 is 20.1 Å². The van der Waals surface area contributed by atoms with Crippen LogP contribution in [0.5, 0.6) is 11.5 Å². The van der Waals surface area contributed by atoms with E-state index in [-0.39, 0.29) is 44.0 Å². The zero-order chi connectivity index (χ0) is 28.3. The first-order valence-corrected chi connectivity index (χ1v) is 13.4. The van der Waals surface area contributed by atoms with Crippen LogP contribution in [-0.4, -0.2) is 61.5 Å². The highest BCUT2D eigenvalue weighted by molar-refractivity contribution is 6.31. The van der Waals surface area contributed by atoms with Crippen molar-refractivity contribution in [3.63, 3.8) is 0 Å². The summed E-state index contributed by atoms with van der Waals surface area (Å²) in [4.78, 5) is 40.5. The number of nitrogens with one attached hydrogen (secondary N) is 2. The molecule has 4 rings (SSSR count). The Hall–Kier alpha value is -4.11. The largest absolute Gasteiger partial charge is 0.491 e. The normalized spacial score (nSPS) is 16.9. The van der Waals surface area contributed by atoms with Crippen LogP contribution in [0.4, 0.5) is 4.39 Å². The number of halogens is 2. The van der Waals surface area contributed by atoms with Crippen LogP contribution in [0.1, 0.15) is 28.8 Å². The van der Waals surface area contributed by atoms with Gasteiger partial charge in [-0.1, -0.05) is 41.9 Å². The molecule has 0 aliphatic carbocycles. The summed E-state index contributed by atoms with van der Waals surface area (Å²) in [6.07, 6.45) is 1.59. The van der Waals surface area contributed by atoms with Crippen LogP contribution in [0, 0.1) is 5.82 Å². The zero-order valence-corrected chi connectivity index (χ0v) is 22.7. The lowest BCUT2D eigenvalue weighted by molar-refractivity contribution is -0.138. The summed E-state index contributed by atoms with van der Waals surface area (Å²) >= 11 is 6.15.